The average Bonchev–Trinajstić information content (AvgIpc) is 2.37. The highest BCUT2D eigenvalue weighted by atomic mass is 32.1. The van der Waals surface area contributed by atoms with Crippen LogP contribution >= 0.6 is 12.6 Å². The molecule has 0 bridgehead atoms. The predicted molar refractivity (Wildman–Crippen MR) is 77.0 cm³/mol. The first kappa shape index (κ1) is 19.8. The van der Waals surface area contributed by atoms with Gasteiger partial charge in [0.25, 0.3) is 0 Å². The third kappa shape index (κ3) is 11.2. The number of hydrogen-bond donors (Lipinski definition) is 1. The summed E-state index contributed by atoms with van der Waals surface area (Å²) < 4.78 is 0. The Bertz CT molecular complexity index is 206. The zero-order valence-corrected chi connectivity index (χ0v) is 11.8. The fourth-order valence-electron chi connectivity index (χ4n) is 0.810. The Balaban J connectivity index is -0.000000208. The van der Waals surface area contributed by atoms with E-state index < -0.39 is 0 Å². The molecular weight excluding hydrogens is 200 g/mol. The topological polar surface area (TPSA) is 0 Å². The van der Waals surface area contributed by atoms with Crippen molar-refractivity contribution in [3.63, 3.8) is 0 Å². The smallest absolute Gasteiger partial charge is 0.00719 e. The maximum Gasteiger partial charge on any atom is 0.00719 e. The van der Waals surface area contributed by atoms with Crippen molar-refractivity contribution in [1.82, 2.24) is 0 Å². The molecule has 0 fully saturated rings. The van der Waals surface area contributed by atoms with Gasteiger partial charge in [-0.05, 0) is 18.1 Å². The molecule has 0 nitrogen and oxygen atoms in total. The van der Waals surface area contributed by atoms with Crippen LogP contribution in [0.5, 0.6) is 0 Å². The van der Waals surface area contributed by atoms with Crippen LogP contribution in [0.25, 0.3) is 0 Å². The van der Waals surface area contributed by atoms with Gasteiger partial charge >= 0.3 is 0 Å². The van der Waals surface area contributed by atoms with Crippen molar-refractivity contribution in [2.24, 2.45) is 0 Å². The van der Waals surface area contributed by atoms with Crippen LogP contribution < -0.4 is 0 Å². The molecule has 0 radical (unpaired) electrons. The Morgan fingerprint density at radius 1 is 1.00 bits per heavy atom. The van der Waals surface area contributed by atoms with E-state index in [4.69, 9.17) is 0 Å². The van der Waals surface area contributed by atoms with Gasteiger partial charge in [0.05, 0.1) is 0 Å². The van der Waals surface area contributed by atoms with Crippen LogP contribution in [0.2, 0.25) is 0 Å². The van der Waals surface area contributed by atoms with Crippen molar-refractivity contribution in [3.8, 4) is 0 Å². The van der Waals surface area contributed by atoms with Gasteiger partial charge in [-0.1, -0.05) is 52.8 Å². The molecular formula is C14H26S. The lowest BCUT2D eigenvalue weighted by molar-refractivity contribution is 1.09. The first-order chi connectivity index (χ1) is 7.34. The second kappa shape index (κ2) is 19.0. The highest BCUT2D eigenvalue weighted by Crippen LogP contribution is 2.12. The Morgan fingerprint density at radius 3 is 1.67 bits per heavy atom. The molecule has 0 aromatic heterocycles. The van der Waals surface area contributed by atoms with Gasteiger partial charge in [-0.25, -0.2) is 0 Å². The molecule has 0 unspecified atom stereocenters. The highest BCUT2D eigenvalue weighted by molar-refractivity contribution is 7.80. The molecule has 88 valence electrons. The summed E-state index contributed by atoms with van der Waals surface area (Å²) >= 11 is 4.28. The summed E-state index contributed by atoms with van der Waals surface area (Å²) in [6, 6.07) is 8.16. The molecule has 0 aliphatic heterocycles. The number of benzene rings is 1. The summed E-state index contributed by atoms with van der Waals surface area (Å²) in [5.41, 5.74) is 1.32. The maximum absolute atomic E-state index is 4.28. The van der Waals surface area contributed by atoms with E-state index in [0.717, 1.165) is 11.3 Å². The van der Waals surface area contributed by atoms with Crippen molar-refractivity contribution in [2.45, 2.75) is 45.9 Å². The van der Waals surface area contributed by atoms with Crippen LogP contribution in [0.3, 0.4) is 0 Å². The lowest BCUT2D eigenvalue weighted by Crippen LogP contribution is -1.79. The second-order valence-corrected chi connectivity index (χ2v) is 2.46. The monoisotopic (exact) mass is 226 g/mol. The Labute approximate surface area is 102 Å². The molecule has 1 aromatic carbocycles. The first-order valence-electron chi connectivity index (χ1n) is 5.61. The molecule has 0 atom stereocenters. The molecule has 0 aliphatic rings. The van der Waals surface area contributed by atoms with E-state index in [-0.39, 0.29) is 0 Å². The number of hydrogen-bond acceptors (Lipinski definition) is 1. The highest BCUT2D eigenvalue weighted by Gasteiger charge is 1.90. The van der Waals surface area contributed by atoms with Gasteiger partial charge in [-0.15, -0.1) is 25.8 Å². The Morgan fingerprint density at radius 2 is 1.40 bits per heavy atom. The van der Waals surface area contributed by atoms with Gasteiger partial charge in [0.1, 0.15) is 0 Å². The molecule has 0 heterocycles. The quantitative estimate of drug-likeness (QED) is 0.481. The summed E-state index contributed by atoms with van der Waals surface area (Å²) in [5, 5.41) is 0. The predicted octanol–water partition coefficient (Wildman–Crippen LogP) is 5.39. The molecule has 0 amide bonds. The third-order valence-corrected chi connectivity index (χ3v) is 1.81. The Kier molecular flexibility index (Phi) is 25.1. The maximum atomic E-state index is 4.28. The van der Waals surface area contributed by atoms with Crippen LogP contribution in [0.4, 0.5) is 0 Å². The lowest BCUT2D eigenvalue weighted by atomic mass is 10.2. The third-order valence-electron chi connectivity index (χ3n) is 1.37. The van der Waals surface area contributed by atoms with E-state index in [2.05, 4.69) is 38.8 Å². The fourth-order valence-corrected chi connectivity index (χ4v) is 1.13. The summed E-state index contributed by atoms with van der Waals surface area (Å²) in [6.07, 6.45) is 1.07. The largest absolute Gasteiger partial charge is 0.143 e. The number of thiol groups is 1. The molecule has 15 heavy (non-hydrogen) atoms. The van der Waals surface area contributed by atoms with E-state index in [1.807, 2.05) is 45.9 Å². The zero-order chi connectivity index (χ0) is 12.7. The van der Waals surface area contributed by atoms with Crippen molar-refractivity contribution >= 4 is 12.6 Å². The van der Waals surface area contributed by atoms with Crippen molar-refractivity contribution in [2.75, 3.05) is 0 Å². The van der Waals surface area contributed by atoms with Crippen molar-refractivity contribution in [3.05, 3.63) is 43.0 Å². The molecule has 1 aromatic rings. The van der Waals surface area contributed by atoms with Crippen molar-refractivity contribution in [1.29, 1.82) is 0 Å². The standard InChI is InChI=1S/C8H10S.2C2H6.C2H4/c1-2-7-5-3-4-6-8(7)9;3*1-2/h3-6,9H,2H2,1H3;2*1-2H3;1-2H2. The van der Waals surface area contributed by atoms with E-state index in [0.29, 0.717) is 0 Å². The summed E-state index contributed by atoms with van der Waals surface area (Å²) in [4.78, 5) is 1.10. The van der Waals surface area contributed by atoms with E-state index in [9.17, 15) is 0 Å². The molecule has 0 saturated heterocycles. The van der Waals surface area contributed by atoms with E-state index in [1.54, 1.807) is 0 Å². The molecule has 0 saturated carbocycles. The van der Waals surface area contributed by atoms with Gasteiger partial charge < -0.3 is 0 Å². The van der Waals surface area contributed by atoms with Crippen LogP contribution in [-0.2, 0) is 6.42 Å². The zero-order valence-electron chi connectivity index (χ0n) is 10.9. The van der Waals surface area contributed by atoms with Gasteiger partial charge in [-0.2, -0.15) is 0 Å². The van der Waals surface area contributed by atoms with Crippen LogP contribution in [0.1, 0.15) is 40.2 Å². The second-order valence-electron chi connectivity index (χ2n) is 1.98. The minimum absolute atomic E-state index is 1.07. The number of aryl methyl sites for hydroxylation is 1. The first-order valence-corrected chi connectivity index (χ1v) is 6.06. The van der Waals surface area contributed by atoms with Crippen LogP contribution in [0, 0.1) is 0 Å². The summed E-state index contributed by atoms with van der Waals surface area (Å²) in [5.74, 6) is 0. The molecule has 1 heteroatoms. The van der Waals surface area contributed by atoms with Crippen LogP contribution in [-0.4, -0.2) is 0 Å². The molecule has 0 spiro atoms. The fraction of sp³-hybridized carbons (Fsp3) is 0.429. The summed E-state index contributed by atoms with van der Waals surface area (Å²) in [6.45, 7) is 16.1. The van der Waals surface area contributed by atoms with Gasteiger partial charge in [0.15, 0.2) is 0 Å². The van der Waals surface area contributed by atoms with Crippen molar-refractivity contribution < 1.29 is 0 Å². The van der Waals surface area contributed by atoms with E-state index in [1.165, 1.54) is 5.56 Å². The van der Waals surface area contributed by atoms with Gasteiger partial charge in [0, 0.05) is 4.90 Å². The minimum Gasteiger partial charge on any atom is -0.143 e. The van der Waals surface area contributed by atoms with Crippen LogP contribution in [0.15, 0.2) is 42.3 Å². The molecule has 0 aliphatic carbocycles. The summed E-state index contributed by atoms with van der Waals surface area (Å²) in [7, 11) is 0. The van der Waals surface area contributed by atoms with Gasteiger partial charge in [-0.3, -0.25) is 0 Å². The molecule has 1 rings (SSSR count). The van der Waals surface area contributed by atoms with Gasteiger partial charge in [0.2, 0.25) is 0 Å². The number of rotatable bonds is 1. The lowest BCUT2D eigenvalue weighted by Gasteiger charge is -1.97. The molecule has 0 N–H and O–H groups in total. The normalized spacial score (nSPS) is 6.80. The van der Waals surface area contributed by atoms with E-state index >= 15 is 0 Å². The minimum atomic E-state index is 1.07. The Hall–Kier alpha value is -0.690. The SMILES string of the molecule is C=C.CC.CC.CCc1ccccc1S. The average molecular weight is 226 g/mol.